The quantitative estimate of drug-likeness (QED) is 0.861. The van der Waals surface area contributed by atoms with Gasteiger partial charge in [-0.25, -0.2) is 0 Å². The van der Waals surface area contributed by atoms with Gasteiger partial charge in [-0.1, -0.05) is 6.07 Å². The number of anilines is 1. The van der Waals surface area contributed by atoms with Crippen molar-refractivity contribution in [1.29, 1.82) is 0 Å². The largest absolute Gasteiger partial charge is 0.496 e. The van der Waals surface area contributed by atoms with E-state index in [1.54, 1.807) is 18.1 Å². The summed E-state index contributed by atoms with van der Waals surface area (Å²) in [5.74, 6) is -0.178. The molecule has 0 bridgehead atoms. The zero-order valence-electron chi connectivity index (χ0n) is 10.5. The minimum absolute atomic E-state index is 0.0790. The number of amides is 2. The number of nitrogens with zero attached hydrogens (tertiary/aromatic N) is 1. The molecule has 1 saturated heterocycles. The fourth-order valence-corrected chi connectivity index (χ4v) is 2.12. The highest BCUT2D eigenvalue weighted by Crippen LogP contribution is 2.29. The number of benzene rings is 1. The highest BCUT2D eigenvalue weighted by atomic mass is 16.5. The second kappa shape index (κ2) is 4.68. The van der Waals surface area contributed by atoms with Crippen LogP contribution in [0.15, 0.2) is 18.2 Å². The van der Waals surface area contributed by atoms with Crippen molar-refractivity contribution in [3.63, 3.8) is 0 Å². The number of hydrogen-bond donors (Lipinski definition) is 1. The van der Waals surface area contributed by atoms with Crippen molar-refractivity contribution in [3.05, 3.63) is 23.8 Å². The first-order valence-corrected chi connectivity index (χ1v) is 5.77. The third-order valence-corrected chi connectivity index (χ3v) is 3.23. The van der Waals surface area contributed by atoms with E-state index in [0.29, 0.717) is 6.54 Å². The van der Waals surface area contributed by atoms with Gasteiger partial charge in [-0.15, -0.1) is 0 Å². The lowest BCUT2D eigenvalue weighted by atomic mass is 10.1. The number of ether oxygens (including phenoxy) is 1. The van der Waals surface area contributed by atoms with Crippen LogP contribution in [0.4, 0.5) is 5.69 Å². The first-order valence-electron chi connectivity index (χ1n) is 5.77. The average molecular weight is 248 g/mol. The van der Waals surface area contributed by atoms with E-state index in [1.807, 2.05) is 19.1 Å². The molecule has 1 atom stereocenters. The molecule has 2 N–H and O–H groups in total. The maximum absolute atomic E-state index is 11.9. The van der Waals surface area contributed by atoms with Crippen molar-refractivity contribution >= 4 is 17.5 Å². The number of aryl methyl sites for hydroxylation is 1. The lowest BCUT2D eigenvalue weighted by molar-refractivity contribution is -0.123. The Kier molecular flexibility index (Phi) is 3.23. The van der Waals surface area contributed by atoms with Crippen LogP contribution in [0.3, 0.4) is 0 Å². The molecular weight excluding hydrogens is 232 g/mol. The molecule has 96 valence electrons. The number of hydrogen-bond acceptors (Lipinski definition) is 3. The Bertz CT molecular complexity index is 499. The number of rotatable bonds is 3. The zero-order valence-corrected chi connectivity index (χ0v) is 10.5. The summed E-state index contributed by atoms with van der Waals surface area (Å²) in [4.78, 5) is 24.6. The van der Waals surface area contributed by atoms with Gasteiger partial charge in [0, 0.05) is 24.7 Å². The summed E-state index contributed by atoms with van der Waals surface area (Å²) < 4.78 is 5.23. The van der Waals surface area contributed by atoms with E-state index in [1.165, 1.54) is 0 Å². The normalized spacial score (nSPS) is 19.1. The summed E-state index contributed by atoms with van der Waals surface area (Å²) in [6.07, 6.45) is 0.186. The molecule has 5 nitrogen and oxygen atoms in total. The summed E-state index contributed by atoms with van der Waals surface area (Å²) in [5, 5.41) is 0. The van der Waals surface area contributed by atoms with Gasteiger partial charge in [0.05, 0.1) is 13.0 Å². The first kappa shape index (κ1) is 12.4. The lowest BCUT2D eigenvalue weighted by Crippen LogP contribution is -2.28. The second-order valence-electron chi connectivity index (χ2n) is 4.46. The molecule has 1 aromatic rings. The summed E-state index contributed by atoms with van der Waals surface area (Å²) in [5.41, 5.74) is 6.98. The predicted molar refractivity (Wildman–Crippen MR) is 67.4 cm³/mol. The Morgan fingerprint density at radius 2 is 2.22 bits per heavy atom. The van der Waals surface area contributed by atoms with Crippen molar-refractivity contribution < 1.29 is 14.3 Å². The molecule has 0 saturated carbocycles. The van der Waals surface area contributed by atoms with Gasteiger partial charge in [-0.3, -0.25) is 9.59 Å². The minimum atomic E-state index is -0.426. The molecule has 5 heteroatoms. The molecule has 1 aliphatic rings. The van der Waals surface area contributed by atoms with Gasteiger partial charge in [0.15, 0.2) is 0 Å². The van der Waals surface area contributed by atoms with Crippen molar-refractivity contribution in [3.8, 4) is 5.75 Å². The fraction of sp³-hybridized carbons (Fsp3) is 0.385. The van der Waals surface area contributed by atoms with E-state index in [0.717, 1.165) is 17.0 Å². The summed E-state index contributed by atoms with van der Waals surface area (Å²) in [6, 6.07) is 5.54. The van der Waals surface area contributed by atoms with Crippen molar-refractivity contribution in [2.75, 3.05) is 18.6 Å². The van der Waals surface area contributed by atoms with Crippen LogP contribution in [0.2, 0.25) is 0 Å². The number of methoxy groups -OCH3 is 1. The monoisotopic (exact) mass is 248 g/mol. The van der Waals surface area contributed by atoms with Gasteiger partial charge < -0.3 is 15.4 Å². The zero-order chi connectivity index (χ0) is 13.3. The lowest BCUT2D eigenvalue weighted by Gasteiger charge is -2.17. The molecule has 1 heterocycles. The van der Waals surface area contributed by atoms with Crippen LogP contribution in [-0.2, 0) is 9.59 Å². The third-order valence-electron chi connectivity index (χ3n) is 3.23. The van der Waals surface area contributed by atoms with Gasteiger partial charge in [0.2, 0.25) is 11.8 Å². The van der Waals surface area contributed by atoms with E-state index in [4.69, 9.17) is 10.5 Å². The number of carbonyl (C=O) groups excluding carboxylic acids is 2. The van der Waals surface area contributed by atoms with Crippen LogP contribution in [0.5, 0.6) is 5.75 Å². The molecule has 1 aromatic carbocycles. The molecular formula is C13H16N2O3. The molecule has 0 aromatic heterocycles. The SMILES string of the molecule is COc1cc(N2CC(C(N)=O)CC2=O)ccc1C. The van der Waals surface area contributed by atoms with Gasteiger partial charge in [-0.2, -0.15) is 0 Å². The van der Waals surface area contributed by atoms with Crippen molar-refractivity contribution in [2.45, 2.75) is 13.3 Å². The Balaban J connectivity index is 2.27. The van der Waals surface area contributed by atoms with E-state index in [9.17, 15) is 9.59 Å². The third kappa shape index (κ3) is 2.16. The Morgan fingerprint density at radius 3 is 2.78 bits per heavy atom. The first-order chi connectivity index (χ1) is 8.52. The maximum Gasteiger partial charge on any atom is 0.227 e. The highest BCUT2D eigenvalue weighted by molar-refractivity contribution is 6.00. The Morgan fingerprint density at radius 1 is 1.50 bits per heavy atom. The standard InChI is InChI=1S/C13H16N2O3/c1-8-3-4-10(6-11(8)18-2)15-7-9(13(14)17)5-12(15)16/h3-4,6,9H,5,7H2,1-2H3,(H2,14,17). The maximum atomic E-state index is 11.9. The van der Waals surface area contributed by atoms with Gasteiger partial charge in [0.1, 0.15) is 5.75 Å². The van der Waals surface area contributed by atoms with Crippen molar-refractivity contribution in [2.24, 2.45) is 11.7 Å². The molecule has 0 spiro atoms. The fourth-order valence-electron chi connectivity index (χ4n) is 2.12. The van der Waals surface area contributed by atoms with Crippen LogP contribution < -0.4 is 15.4 Å². The number of carbonyl (C=O) groups is 2. The van der Waals surface area contributed by atoms with E-state index >= 15 is 0 Å². The topological polar surface area (TPSA) is 72.6 Å². The van der Waals surface area contributed by atoms with Gasteiger partial charge >= 0.3 is 0 Å². The smallest absolute Gasteiger partial charge is 0.227 e. The van der Waals surface area contributed by atoms with Crippen LogP contribution >= 0.6 is 0 Å². The number of primary amides is 1. The summed E-state index contributed by atoms with van der Waals surface area (Å²) in [6.45, 7) is 2.28. The van der Waals surface area contributed by atoms with E-state index in [2.05, 4.69) is 0 Å². The number of nitrogens with two attached hydrogens (primary N) is 1. The molecule has 0 radical (unpaired) electrons. The Hall–Kier alpha value is -2.04. The Labute approximate surface area is 106 Å². The van der Waals surface area contributed by atoms with Crippen LogP contribution in [0, 0.1) is 12.8 Å². The molecule has 1 fully saturated rings. The molecule has 18 heavy (non-hydrogen) atoms. The van der Waals surface area contributed by atoms with Crippen molar-refractivity contribution in [1.82, 2.24) is 0 Å². The van der Waals surface area contributed by atoms with E-state index in [-0.39, 0.29) is 12.3 Å². The molecule has 1 aliphatic heterocycles. The van der Waals surface area contributed by atoms with E-state index < -0.39 is 11.8 Å². The molecule has 1 unspecified atom stereocenters. The van der Waals surface area contributed by atoms with Crippen LogP contribution in [0.25, 0.3) is 0 Å². The highest BCUT2D eigenvalue weighted by Gasteiger charge is 2.34. The van der Waals surface area contributed by atoms with Crippen LogP contribution in [0.1, 0.15) is 12.0 Å². The van der Waals surface area contributed by atoms with Crippen LogP contribution in [-0.4, -0.2) is 25.5 Å². The average Bonchev–Trinajstić information content (AvgIpc) is 2.72. The second-order valence-corrected chi connectivity index (χ2v) is 4.46. The molecule has 0 aliphatic carbocycles. The van der Waals surface area contributed by atoms with Gasteiger partial charge in [0.25, 0.3) is 0 Å². The van der Waals surface area contributed by atoms with Gasteiger partial charge in [-0.05, 0) is 18.6 Å². The molecule has 2 rings (SSSR count). The summed E-state index contributed by atoms with van der Waals surface area (Å²) in [7, 11) is 1.59. The molecule has 2 amide bonds. The summed E-state index contributed by atoms with van der Waals surface area (Å²) >= 11 is 0. The minimum Gasteiger partial charge on any atom is -0.496 e. The predicted octanol–water partition coefficient (Wildman–Crippen LogP) is 0.842.